The van der Waals surface area contributed by atoms with Crippen molar-refractivity contribution in [2.24, 2.45) is 0 Å². The van der Waals surface area contributed by atoms with Gasteiger partial charge in [0.05, 0.1) is 5.69 Å². The van der Waals surface area contributed by atoms with E-state index in [1.807, 2.05) is 48.7 Å². The van der Waals surface area contributed by atoms with E-state index in [0.717, 1.165) is 17.2 Å². The predicted molar refractivity (Wildman–Crippen MR) is 99.4 cm³/mol. The maximum absolute atomic E-state index is 4.53. The average molecular weight is 332 g/mol. The summed E-state index contributed by atoms with van der Waals surface area (Å²) in [6.07, 6.45) is 7.93. The summed E-state index contributed by atoms with van der Waals surface area (Å²) in [5.74, 6) is 1.50. The van der Waals surface area contributed by atoms with E-state index in [1.165, 1.54) is 0 Å². The highest BCUT2D eigenvalue weighted by molar-refractivity contribution is 5.54. The van der Waals surface area contributed by atoms with Gasteiger partial charge in [0.1, 0.15) is 12.1 Å². The second-order valence-electron chi connectivity index (χ2n) is 6.15. The van der Waals surface area contributed by atoms with E-state index < -0.39 is 0 Å². The van der Waals surface area contributed by atoms with Crippen LogP contribution in [-0.4, -0.2) is 31.8 Å². The van der Waals surface area contributed by atoms with Gasteiger partial charge in [0.25, 0.3) is 0 Å². The van der Waals surface area contributed by atoms with Crippen molar-refractivity contribution in [2.45, 2.75) is 25.9 Å². The number of para-hydroxylation sites is 1. The van der Waals surface area contributed by atoms with E-state index in [9.17, 15) is 0 Å². The largest absolute Gasteiger partial charge is 0.344 e. The molecule has 1 N–H and O–H groups in total. The van der Waals surface area contributed by atoms with Gasteiger partial charge in [-0.15, -0.1) is 5.10 Å². The van der Waals surface area contributed by atoms with Gasteiger partial charge in [0.2, 0.25) is 5.95 Å². The number of nitrogens with zero attached hydrogens (tertiary/aromatic N) is 5. The van der Waals surface area contributed by atoms with E-state index in [-0.39, 0.29) is 0 Å². The van der Waals surface area contributed by atoms with Crippen molar-refractivity contribution in [3.63, 3.8) is 0 Å². The van der Waals surface area contributed by atoms with Crippen LogP contribution in [0.25, 0.3) is 5.69 Å². The maximum atomic E-state index is 4.53. The lowest BCUT2D eigenvalue weighted by Crippen LogP contribution is -2.34. The molecule has 126 valence electrons. The van der Waals surface area contributed by atoms with Crippen LogP contribution >= 0.6 is 0 Å². The van der Waals surface area contributed by atoms with Crippen LogP contribution < -0.4 is 10.2 Å². The average Bonchev–Trinajstić information content (AvgIpc) is 3.23. The van der Waals surface area contributed by atoms with Gasteiger partial charge in [-0.25, -0.2) is 9.67 Å². The highest BCUT2D eigenvalue weighted by Gasteiger charge is 2.23. The van der Waals surface area contributed by atoms with Crippen molar-refractivity contribution in [2.75, 3.05) is 10.2 Å². The first-order chi connectivity index (χ1) is 12.2. The highest BCUT2D eigenvalue weighted by atomic mass is 15.4. The van der Waals surface area contributed by atoms with Crippen LogP contribution in [0.1, 0.15) is 13.8 Å². The molecule has 0 saturated carbocycles. The Hall–Kier alpha value is -3.15. The lowest BCUT2D eigenvalue weighted by Gasteiger charge is -2.27. The van der Waals surface area contributed by atoms with Gasteiger partial charge in [-0.3, -0.25) is 0 Å². The van der Waals surface area contributed by atoms with Crippen LogP contribution in [0.15, 0.2) is 67.1 Å². The van der Waals surface area contributed by atoms with Crippen molar-refractivity contribution in [3.8, 4) is 5.69 Å². The van der Waals surface area contributed by atoms with Gasteiger partial charge < -0.3 is 10.2 Å². The van der Waals surface area contributed by atoms with Gasteiger partial charge in [-0.1, -0.05) is 30.4 Å². The third-order valence-corrected chi connectivity index (χ3v) is 4.33. The van der Waals surface area contributed by atoms with Crippen LogP contribution in [0.2, 0.25) is 0 Å². The summed E-state index contributed by atoms with van der Waals surface area (Å²) in [7, 11) is 0. The second kappa shape index (κ2) is 6.39. The third-order valence-electron chi connectivity index (χ3n) is 4.33. The van der Waals surface area contributed by atoms with Gasteiger partial charge in [0, 0.05) is 30.0 Å². The van der Waals surface area contributed by atoms with Crippen LogP contribution in [0.4, 0.5) is 17.5 Å². The Labute approximate surface area is 146 Å². The number of rotatable bonds is 4. The Balaban J connectivity index is 1.58. The minimum atomic E-state index is 0.337. The summed E-state index contributed by atoms with van der Waals surface area (Å²) in [6, 6.07) is 14.5. The summed E-state index contributed by atoms with van der Waals surface area (Å²) in [4.78, 5) is 11.2. The molecule has 0 bridgehead atoms. The van der Waals surface area contributed by atoms with Crippen LogP contribution in [-0.2, 0) is 0 Å². The minimum Gasteiger partial charge on any atom is -0.344 e. The van der Waals surface area contributed by atoms with Crippen molar-refractivity contribution in [3.05, 3.63) is 67.1 Å². The Kier molecular flexibility index (Phi) is 3.93. The van der Waals surface area contributed by atoms with Crippen molar-refractivity contribution < 1.29 is 0 Å². The van der Waals surface area contributed by atoms with Gasteiger partial charge >= 0.3 is 0 Å². The van der Waals surface area contributed by atoms with E-state index in [0.29, 0.717) is 18.0 Å². The number of aromatic nitrogens is 4. The highest BCUT2D eigenvalue weighted by Crippen LogP contribution is 2.25. The SMILES string of the molecule is CC1C=CC(C)N1c1cc(-n2cnc(Nc3ccccc3)n2)ccn1. The predicted octanol–water partition coefficient (Wildman–Crippen LogP) is 3.56. The standard InChI is InChI=1S/C19H20N6/c1-14-8-9-15(2)25(14)18-12-17(10-11-20-18)24-13-21-19(23-24)22-16-6-4-3-5-7-16/h3-15H,1-2H3,(H,22,23). The van der Waals surface area contributed by atoms with Gasteiger partial charge in [-0.2, -0.15) is 4.98 Å². The number of hydrogen-bond acceptors (Lipinski definition) is 5. The first kappa shape index (κ1) is 15.4. The van der Waals surface area contributed by atoms with Crippen molar-refractivity contribution in [1.29, 1.82) is 0 Å². The number of nitrogens with one attached hydrogen (secondary N) is 1. The Morgan fingerprint density at radius 2 is 1.72 bits per heavy atom. The molecule has 0 aliphatic carbocycles. The Bertz CT molecular complexity index is 874. The summed E-state index contributed by atoms with van der Waals surface area (Å²) in [6.45, 7) is 4.34. The molecule has 4 rings (SSSR count). The van der Waals surface area contributed by atoms with Crippen molar-refractivity contribution in [1.82, 2.24) is 19.7 Å². The molecule has 1 aliphatic heterocycles. The van der Waals surface area contributed by atoms with Gasteiger partial charge in [-0.05, 0) is 32.0 Å². The minimum absolute atomic E-state index is 0.337. The first-order valence-corrected chi connectivity index (χ1v) is 8.37. The van der Waals surface area contributed by atoms with Crippen LogP contribution in [0.5, 0.6) is 0 Å². The molecular weight excluding hydrogens is 312 g/mol. The summed E-state index contributed by atoms with van der Waals surface area (Å²) in [5, 5.41) is 7.71. The fourth-order valence-electron chi connectivity index (χ4n) is 3.08. The molecule has 0 fully saturated rings. The van der Waals surface area contributed by atoms with Gasteiger partial charge in [0.15, 0.2) is 0 Å². The molecule has 2 aromatic heterocycles. The Morgan fingerprint density at radius 1 is 0.960 bits per heavy atom. The third kappa shape index (κ3) is 3.10. The smallest absolute Gasteiger partial charge is 0.246 e. The molecular formula is C19H20N6. The number of anilines is 3. The molecule has 3 heterocycles. The number of hydrogen-bond donors (Lipinski definition) is 1. The molecule has 1 aliphatic rings. The molecule has 25 heavy (non-hydrogen) atoms. The monoisotopic (exact) mass is 332 g/mol. The van der Waals surface area contributed by atoms with E-state index in [2.05, 4.69) is 51.3 Å². The number of pyridine rings is 1. The lowest BCUT2D eigenvalue weighted by atomic mass is 10.3. The zero-order valence-corrected chi connectivity index (χ0v) is 14.2. The molecule has 0 saturated heterocycles. The zero-order chi connectivity index (χ0) is 17.2. The second-order valence-corrected chi connectivity index (χ2v) is 6.15. The quantitative estimate of drug-likeness (QED) is 0.740. The zero-order valence-electron chi connectivity index (χ0n) is 14.2. The van der Waals surface area contributed by atoms with E-state index >= 15 is 0 Å². The van der Waals surface area contributed by atoms with E-state index in [4.69, 9.17) is 0 Å². The summed E-state index contributed by atoms with van der Waals surface area (Å²) < 4.78 is 1.76. The van der Waals surface area contributed by atoms with Crippen molar-refractivity contribution >= 4 is 17.5 Å². The fraction of sp³-hybridized carbons (Fsp3) is 0.211. The fourth-order valence-corrected chi connectivity index (χ4v) is 3.08. The maximum Gasteiger partial charge on any atom is 0.246 e. The number of benzene rings is 1. The Morgan fingerprint density at radius 3 is 2.48 bits per heavy atom. The molecule has 2 unspecified atom stereocenters. The molecule has 0 amide bonds. The molecule has 1 aromatic carbocycles. The van der Waals surface area contributed by atoms with E-state index in [1.54, 1.807) is 11.0 Å². The lowest BCUT2D eigenvalue weighted by molar-refractivity contribution is 0.714. The van der Waals surface area contributed by atoms with Crippen LogP contribution in [0, 0.1) is 0 Å². The topological polar surface area (TPSA) is 58.9 Å². The first-order valence-electron chi connectivity index (χ1n) is 8.37. The molecule has 2 atom stereocenters. The molecule has 0 spiro atoms. The molecule has 0 radical (unpaired) electrons. The summed E-state index contributed by atoms with van der Waals surface area (Å²) in [5.41, 5.74) is 1.89. The summed E-state index contributed by atoms with van der Waals surface area (Å²) >= 11 is 0. The molecule has 6 nitrogen and oxygen atoms in total. The molecule has 6 heteroatoms. The molecule has 3 aromatic rings. The van der Waals surface area contributed by atoms with Crippen LogP contribution in [0.3, 0.4) is 0 Å². The normalized spacial score (nSPS) is 19.4.